The van der Waals surface area contributed by atoms with Gasteiger partial charge in [0.1, 0.15) is 24.4 Å². The standard InChI is InChI=1S/C7H11NO6/c9-1-3-5(11)6(12)4(8-2-10)7(13)14-3/h3-7,9,11-13H,1H2/t3-,4-,5-,6-,7?/m1/s1. The fourth-order valence-corrected chi connectivity index (χ4v) is 1.28. The van der Waals surface area contributed by atoms with Crippen LogP contribution in [0.15, 0.2) is 4.99 Å². The van der Waals surface area contributed by atoms with Crippen LogP contribution in [0, 0.1) is 0 Å². The van der Waals surface area contributed by atoms with Crippen molar-refractivity contribution in [3.63, 3.8) is 0 Å². The second kappa shape index (κ2) is 4.61. The number of aliphatic imine (C=N–C) groups is 1. The van der Waals surface area contributed by atoms with Crippen molar-refractivity contribution in [2.45, 2.75) is 30.6 Å². The highest BCUT2D eigenvalue weighted by Gasteiger charge is 2.43. The van der Waals surface area contributed by atoms with Crippen LogP contribution in [-0.4, -0.2) is 63.8 Å². The van der Waals surface area contributed by atoms with Crippen molar-refractivity contribution in [2.75, 3.05) is 6.61 Å². The number of rotatable bonds is 2. The zero-order valence-electron chi connectivity index (χ0n) is 7.15. The van der Waals surface area contributed by atoms with Crippen molar-refractivity contribution in [2.24, 2.45) is 4.99 Å². The Labute approximate surface area is 79.3 Å². The third kappa shape index (κ3) is 1.98. The minimum absolute atomic E-state index is 0.549. The van der Waals surface area contributed by atoms with Gasteiger partial charge < -0.3 is 25.2 Å². The molecule has 1 saturated heterocycles. The summed E-state index contributed by atoms with van der Waals surface area (Å²) in [7, 11) is 0. The maximum atomic E-state index is 9.92. The molecule has 14 heavy (non-hydrogen) atoms. The van der Waals surface area contributed by atoms with Gasteiger partial charge in [-0.05, 0) is 0 Å². The van der Waals surface area contributed by atoms with Crippen molar-refractivity contribution < 1.29 is 30.0 Å². The minimum Gasteiger partial charge on any atom is -0.394 e. The second-order valence-corrected chi connectivity index (χ2v) is 2.94. The Bertz CT molecular complexity index is 240. The summed E-state index contributed by atoms with van der Waals surface area (Å²) in [5.74, 6) is 0. The molecule has 0 aliphatic carbocycles. The molecular formula is C7H11NO6. The fourth-order valence-electron chi connectivity index (χ4n) is 1.28. The van der Waals surface area contributed by atoms with Crippen LogP contribution in [-0.2, 0) is 9.53 Å². The minimum atomic E-state index is -1.54. The first-order valence-electron chi connectivity index (χ1n) is 3.99. The molecule has 1 unspecified atom stereocenters. The summed E-state index contributed by atoms with van der Waals surface area (Å²) in [6.07, 6.45) is -4.33. The Kier molecular flexibility index (Phi) is 3.70. The van der Waals surface area contributed by atoms with Crippen molar-refractivity contribution in [1.82, 2.24) is 0 Å². The molecule has 0 saturated carbocycles. The number of hydrogen-bond acceptors (Lipinski definition) is 7. The monoisotopic (exact) mass is 205 g/mol. The lowest BCUT2D eigenvalue weighted by molar-refractivity contribution is -0.248. The van der Waals surface area contributed by atoms with E-state index >= 15 is 0 Å². The Hall–Kier alpha value is -0.820. The van der Waals surface area contributed by atoms with Gasteiger partial charge in [-0.2, -0.15) is 4.99 Å². The zero-order chi connectivity index (χ0) is 10.7. The average Bonchev–Trinajstić information content (AvgIpc) is 2.18. The molecule has 4 N–H and O–H groups in total. The highest BCUT2D eigenvalue weighted by Crippen LogP contribution is 2.21. The smallest absolute Gasteiger partial charge is 0.235 e. The quantitative estimate of drug-likeness (QED) is 0.284. The number of carbonyl (C=O) groups excluding carboxylic acids is 1. The second-order valence-electron chi connectivity index (χ2n) is 2.94. The van der Waals surface area contributed by atoms with E-state index in [2.05, 4.69) is 4.99 Å². The van der Waals surface area contributed by atoms with Gasteiger partial charge in [-0.25, -0.2) is 4.79 Å². The zero-order valence-corrected chi connectivity index (χ0v) is 7.15. The first-order valence-corrected chi connectivity index (χ1v) is 3.99. The molecule has 0 aromatic carbocycles. The lowest BCUT2D eigenvalue weighted by Gasteiger charge is -2.37. The Morgan fingerprint density at radius 1 is 1.29 bits per heavy atom. The van der Waals surface area contributed by atoms with E-state index in [9.17, 15) is 20.1 Å². The number of nitrogens with zero attached hydrogens (tertiary/aromatic N) is 1. The highest BCUT2D eigenvalue weighted by molar-refractivity contribution is 5.34. The summed E-state index contributed by atoms with van der Waals surface area (Å²) in [5.41, 5.74) is 0. The number of isocyanates is 1. The summed E-state index contributed by atoms with van der Waals surface area (Å²) in [4.78, 5) is 13.0. The Balaban J connectivity index is 2.78. The molecule has 0 spiro atoms. The van der Waals surface area contributed by atoms with E-state index in [1.54, 1.807) is 0 Å². The number of ether oxygens (including phenoxy) is 1. The molecule has 7 nitrogen and oxygen atoms in total. The van der Waals surface area contributed by atoms with E-state index < -0.39 is 37.3 Å². The van der Waals surface area contributed by atoms with E-state index in [1.165, 1.54) is 0 Å². The molecule has 80 valence electrons. The third-order valence-corrected chi connectivity index (χ3v) is 2.07. The van der Waals surface area contributed by atoms with Crippen LogP contribution in [0.25, 0.3) is 0 Å². The largest absolute Gasteiger partial charge is 0.394 e. The molecule has 0 radical (unpaired) electrons. The molecule has 0 aromatic rings. The van der Waals surface area contributed by atoms with E-state index in [-0.39, 0.29) is 0 Å². The summed E-state index contributed by atoms with van der Waals surface area (Å²) in [6, 6.07) is -1.27. The van der Waals surface area contributed by atoms with Gasteiger partial charge >= 0.3 is 0 Å². The summed E-state index contributed by atoms with van der Waals surface area (Å²) >= 11 is 0. The van der Waals surface area contributed by atoms with Crippen LogP contribution >= 0.6 is 0 Å². The Morgan fingerprint density at radius 3 is 2.43 bits per heavy atom. The lowest BCUT2D eigenvalue weighted by Crippen LogP contribution is -2.57. The van der Waals surface area contributed by atoms with Crippen LogP contribution in [0.4, 0.5) is 0 Å². The normalized spacial score (nSPS) is 43.0. The number of aliphatic hydroxyl groups excluding tert-OH is 4. The average molecular weight is 205 g/mol. The number of aliphatic hydroxyl groups is 4. The van der Waals surface area contributed by atoms with Crippen molar-refractivity contribution >= 4 is 6.08 Å². The summed E-state index contributed by atoms with van der Waals surface area (Å²) < 4.78 is 4.71. The van der Waals surface area contributed by atoms with E-state index in [4.69, 9.17) is 9.84 Å². The summed E-state index contributed by atoms with van der Waals surface area (Å²) in [6.45, 7) is -0.549. The van der Waals surface area contributed by atoms with Gasteiger partial charge in [0.05, 0.1) is 6.61 Å². The van der Waals surface area contributed by atoms with Crippen LogP contribution < -0.4 is 0 Å². The van der Waals surface area contributed by atoms with Gasteiger partial charge in [-0.1, -0.05) is 0 Å². The molecule has 7 heteroatoms. The molecule has 1 rings (SSSR count). The van der Waals surface area contributed by atoms with Crippen LogP contribution in [0.3, 0.4) is 0 Å². The topological polar surface area (TPSA) is 120 Å². The highest BCUT2D eigenvalue weighted by atomic mass is 16.6. The molecule has 1 aliphatic rings. The van der Waals surface area contributed by atoms with E-state index in [1.807, 2.05) is 0 Å². The molecule has 1 fully saturated rings. The van der Waals surface area contributed by atoms with Crippen molar-refractivity contribution in [1.29, 1.82) is 0 Å². The molecule has 0 aromatic heterocycles. The summed E-state index contributed by atoms with van der Waals surface area (Å²) in [5, 5.41) is 36.6. The van der Waals surface area contributed by atoms with Gasteiger partial charge in [0, 0.05) is 0 Å². The van der Waals surface area contributed by atoms with Crippen molar-refractivity contribution in [3.8, 4) is 0 Å². The lowest BCUT2D eigenvalue weighted by atomic mass is 9.98. The van der Waals surface area contributed by atoms with E-state index in [0.29, 0.717) is 0 Å². The molecular weight excluding hydrogens is 194 g/mol. The van der Waals surface area contributed by atoms with Crippen molar-refractivity contribution in [3.05, 3.63) is 0 Å². The van der Waals surface area contributed by atoms with Gasteiger partial charge in [-0.3, -0.25) is 0 Å². The molecule has 0 amide bonds. The van der Waals surface area contributed by atoms with Gasteiger partial charge in [0.15, 0.2) is 6.29 Å². The van der Waals surface area contributed by atoms with Crippen LogP contribution in [0.2, 0.25) is 0 Å². The first kappa shape index (κ1) is 11.3. The van der Waals surface area contributed by atoms with Gasteiger partial charge in [0.25, 0.3) is 0 Å². The van der Waals surface area contributed by atoms with E-state index in [0.717, 1.165) is 6.08 Å². The molecule has 0 bridgehead atoms. The predicted molar refractivity (Wildman–Crippen MR) is 41.9 cm³/mol. The SMILES string of the molecule is O=C=N[C@H]1C(O)O[C@H](CO)[C@@H](O)[C@@H]1O. The maximum Gasteiger partial charge on any atom is 0.235 e. The molecule has 1 aliphatic heterocycles. The molecule has 1 heterocycles. The van der Waals surface area contributed by atoms with Crippen LogP contribution in [0.1, 0.15) is 0 Å². The van der Waals surface area contributed by atoms with Gasteiger partial charge in [0.2, 0.25) is 6.08 Å². The van der Waals surface area contributed by atoms with Gasteiger partial charge in [-0.15, -0.1) is 0 Å². The third-order valence-electron chi connectivity index (χ3n) is 2.07. The number of hydrogen-bond donors (Lipinski definition) is 4. The maximum absolute atomic E-state index is 9.92. The Morgan fingerprint density at radius 2 is 1.93 bits per heavy atom. The molecule has 5 atom stereocenters. The fraction of sp³-hybridized carbons (Fsp3) is 0.857. The predicted octanol–water partition coefficient (Wildman–Crippen LogP) is -2.88. The first-order chi connectivity index (χ1) is 6.61. The van der Waals surface area contributed by atoms with Crippen LogP contribution in [0.5, 0.6) is 0 Å².